The fourth-order valence-corrected chi connectivity index (χ4v) is 6.59. The highest BCUT2D eigenvalue weighted by molar-refractivity contribution is 9.10. The molecule has 2 saturated heterocycles. The number of likely N-dealkylation sites (tertiary alicyclic amines) is 1. The lowest BCUT2D eigenvalue weighted by atomic mass is 10.2. The maximum Gasteiger partial charge on any atom is 0.265 e. The minimum Gasteiger partial charge on any atom is -0.353 e. The van der Waals surface area contributed by atoms with E-state index in [1.54, 1.807) is 11.0 Å². The van der Waals surface area contributed by atoms with Crippen molar-refractivity contribution in [3.05, 3.63) is 61.7 Å². The highest BCUT2D eigenvalue weighted by Gasteiger charge is 2.33. The average Bonchev–Trinajstić information content (AvgIpc) is 3.44. The van der Waals surface area contributed by atoms with Gasteiger partial charge in [-0.15, -0.1) is 11.3 Å². The van der Waals surface area contributed by atoms with Crippen LogP contribution < -0.4 is 5.56 Å². The molecule has 180 valence electrons. The summed E-state index contributed by atoms with van der Waals surface area (Å²) in [4.78, 5) is 28.7. The number of benzene rings is 1. The minimum atomic E-state index is -0.853. The van der Waals surface area contributed by atoms with E-state index in [9.17, 15) is 18.4 Å². The molecular formula is C24H23BrF2N2O4S. The number of halogens is 3. The van der Waals surface area contributed by atoms with Gasteiger partial charge in [-0.25, -0.2) is 8.78 Å². The standard InChI is InChI=1S/C24H23BrF2N2O4S/c25-20-15-9-10-18(30)29(21-16(26)6-3-7-17(21)27)24(15)34-22(20)23(31)28-11-4-5-14(28)13-33-19-8-1-2-12-32-19/h3,6-7,9-10,14,19H,1-2,4-5,8,11-13H2/t14-,19?/m1/s1. The second-order valence-electron chi connectivity index (χ2n) is 8.47. The van der Waals surface area contributed by atoms with E-state index in [-0.39, 0.29) is 18.2 Å². The van der Waals surface area contributed by atoms with Crippen LogP contribution in [-0.4, -0.2) is 47.5 Å². The smallest absolute Gasteiger partial charge is 0.265 e. The minimum absolute atomic E-state index is 0.0821. The Balaban J connectivity index is 1.47. The van der Waals surface area contributed by atoms with Crippen LogP contribution in [0.5, 0.6) is 0 Å². The molecule has 0 bridgehead atoms. The number of fused-ring (bicyclic) bond motifs is 1. The van der Waals surface area contributed by atoms with Crippen molar-refractivity contribution in [2.45, 2.75) is 44.4 Å². The molecule has 6 nitrogen and oxygen atoms in total. The lowest BCUT2D eigenvalue weighted by molar-refractivity contribution is -0.168. The Kier molecular flexibility index (Phi) is 6.83. The highest BCUT2D eigenvalue weighted by Crippen LogP contribution is 2.38. The van der Waals surface area contributed by atoms with Gasteiger partial charge in [-0.05, 0) is 66.2 Å². The van der Waals surface area contributed by atoms with Gasteiger partial charge in [0.25, 0.3) is 11.5 Å². The van der Waals surface area contributed by atoms with E-state index in [1.807, 2.05) is 0 Å². The second-order valence-corrected chi connectivity index (χ2v) is 10.3. The molecule has 1 amide bonds. The molecule has 2 atom stereocenters. The summed E-state index contributed by atoms with van der Waals surface area (Å²) in [5.74, 6) is -1.90. The van der Waals surface area contributed by atoms with Gasteiger partial charge >= 0.3 is 0 Å². The first-order chi connectivity index (χ1) is 16.5. The van der Waals surface area contributed by atoms with Crippen LogP contribution in [0.1, 0.15) is 41.8 Å². The Hall–Kier alpha value is -2.14. The first-order valence-electron chi connectivity index (χ1n) is 11.3. The average molecular weight is 553 g/mol. The van der Waals surface area contributed by atoms with Gasteiger partial charge < -0.3 is 14.4 Å². The van der Waals surface area contributed by atoms with Crippen LogP contribution in [-0.2, 0) is 9.47 Å². The van der Waals surface area contributed by atoms with Crippen molar-refractivity contribution >= 4 is 43.4 Å². The molecule has 0 radical (unpaired) electrons. The lowest BCUT2D eigenvalue weighted by Gasteiger charge is -2.28. The monoisotopic (exact) mass is 552 g/mol. The van der Waals surface area contributed by atoms with Gasteiger partial charge in [0, 0.05) is 24.6 Å². The summed E-state index contributed by atoms with van der Waals surface area (Å²) in [5.41, 5.74) is -1.03. The second kappa shape index (κ2) is 9.85. The summed E-state index contributed by atoms with van der Waals surface area (Å²) in [7, 11) is 0. The number of para-hydroxylation sites is 1. The Morgan fingerprint density at radius 1 is 1.15 bits per heavy atom. The zero-order valence-electron chi connectivity index (χ0n) is 18.3. The van der Waals surface area contributed by atoms with Crippen molar-refractivity contribution in [1.82, 2.24) is 9.47 Å². The fraction of sp³-hybridized carbons (Fsp3) is 0.417. The van der Waals surface area contributed by atoms with Gasteiger partial charge in [-0.3, -0.25) is 14.2 Å². The third kappa shape index (κ3) is 4.32. The van der Waals surface area contributed by atoms with Crippen LogP contribution in [0.2, 0.25) is 0 Å². The van der Waals surface area contributed by atoms with Crippen molar-refractivity contribution in [3.8, 4) is 5.69 Å². The van der Waals surface area contributed by atoms with E-state index in [0.29, 0.717) is 39.3 Å². The summed E-state index contributed by atoms with van der Waals surface area (Å²) in [6, 6.07) is 6.17. The van der Waals surface area contributed by atoms with Gasteiger partial charge in [0.2, 0.25) is 0 Å². The van der Waals surface area contributed by atoms with Gasteiger partial charge in [-0.1, -0.05) is 6.07 Å². The third-order valence-corrected chi connectivity index (χ3v) is 8.55. The number of aromatic nitrogens is 1. The molecule has 4 heterocycles. The van der Waals surface area contributed by atoms with Crippen LogP contribution in [0, 0.1) is 11.6 Å². The van der Waals surface area contributed by atoms with Gasteiger partial charge in [0.15, 0.2) is 6.29 Å². The number of hydrogen-bond donors (Lipinski definition) is 0. The highest BCUT2D eigenvalue weighted by atomic mass is 79.9. The van der Waals surface area contributed by atoms with Gasteiger partial charge in [0.1, 0.15) is 27.0 Å². The summed E-state index contributed by atoms with van der Waals surface area (Å²) in [6.07, 6.45) is 4.41. The van der Waals surface area contributed by atoms with E-state index in [2.05, 4.69) is 15.9 Å². The molecule has 2 aliphatic rings. The maximum absolute atomic E-state index is 14.5. The van der Waals surface area contributed by atoms with E-state index in [4.69, 9.17) is 9.47 Å². The van der Waals surface area contributed by atoms with Gasteiger partial charge in [-0.2, -0.15) is 0 Å². The van der Waals surface area contributed by atoms with Gasteiger partial charge in [0.05, 0.1) is 17.1 Å². The fourth-order valence-electron chi connectivity index (χ4n) is 4.57. The summed E-state index contributed by atoms with van der Waals surface area (Å²) >= 11 is 4.54. The molecule has 5 rings (SSSR count). The normalized spacial score (nSPS) is 20.9. The zero-order valence-corrected chi connectivity index (χ0v) is 20.7. The van der Waals surface area contributed by atoms with Crippen molar-refractivity contribution in [1.29, 1.82) is 0 Å². The molecule has 10 heteroatoms. The van der Waals surface area contributed by atoms with Crippen LogP contribution >= 0.6 is 27.3 Å². The molecule has 2 fully saturated rings. The van der Waals surface area contributed by atoms with Crippen LogP contribution in [0.15, 0.2) is 39.6 Å². The van der Waals surface area contributed by atoms with Crippen LogP contribution in [0.4, 0.5) is 8.78 Å². The Labute approximate surface area is 207 Å². The number of ether oxygens (including phenoxy) is 2. The largest absolute Gasteiger partial charge is 0.353 e. The number of hydrogen-bond acceptors (Lipinski definition) is 5. The molecule has 2 aliphatic heterocycles. The van der Waals surface area contributed by atoms with Crippen molar-refractivity contribution in [3.63, 3.8) is 0 Å². The number of carbonyl (C=O) groups excluding carboxylic acids is 1. The zero-order chi connectivity index (χ0) is 23.8. The number of amides is 1. The summed E-state index contributed by atoms with van der Waals surface area (Å²) in [6.45, 7) is 1.68. The maximum atomic E-state index is 14.5. The van der Waals surface area contributed by atoms with E-state index < -0.39 is 22.9 Å². The van der Waals surface area contributed by atoms with Crippen LogP contribution in [0.3, 0.4) is 0 Å². The molecule has 0 spiro atoms. The molecular weight excluding hydrogens is 530 g/mol. The number of nitrogens with zero attached hydrogens (tertiary/aromatic N) is 2. The Morgan fingerprint density at radius 2 is 1.94 bits per heavy atom. The molecule has 1 aromatic carbocycles. The molecule has 0 saturated carbocycles. The van der Waals surface area contributed by atoms with Crippen molar-refractivity contribution < 1.29 is 23.0 Å². The number of rotatable bonds is 5. The molecule has 2 aromatic heterocycles. The first kappa shape index (κ1) is 23.6. The number of thiophene rings is 1. The Morgan fingerprint density at radius 3 is 2.68 bits per heavy atom. The number of pyridine rings is 1. The van der Waals surface area contributed by atoms with Crippen molar-refractivity contribution in [2.75, 3.05) is 19.8 Å². The first-order valence-corrected chi connectivity index (χ1v) is 12.9. The third-order valence-electron chi connectivity index (χ3n) is 6.29. The summed E-state index contributed by atoms with van der Waals surface area (Å²) < 4.78 is 42.2. The molecule has 0 N–H and O–H groups in total. The van der Waals surface area contributed by atoms with Crippen molar-refractivity contribution in [2.24, 2.45) is 0 Å². The SMILES string of the molecule is O=C(c1sc2c(ccc(=O)n2-c2c(F)cccc2F)c1Br)N1CCC[C@@H]1COC1CCCCO1. The van der Waals surface area contributed by atoms with E-state index in [1.165, 1.54) is 12.1 Å². The predicted molar refractivity (Wildman–Crippen MR) is 129 cm³/mol. The molecule has 3 aromatic rings. The quantitative estimate of drug-likeness (QED) is 0.434. The topological polar surface area (TPSA) is 60.8 Å². The van der Waals surface area contributed by atoms with E-state index in [0.717, 1.165) is 60.1 Å². The molecule has 0 aliphatic carbocycles. The predicted octanol–water partition coefficient (Wildman–Crippen LogP) is 5.24. The Bertz CT molecular complexity index is 1270. The summed E-state index contributed by atoms with van der Waals surface area (Å²) in [5, 5.41) is 0.540. The molecule has 34 heavy (non-hydrogen) atoms. The van der Waals surface area contributed by atoms with Crippen LogP contribution in [0.25, 0.3) is 15.9 Å². The number of carbonyl (C=O) groups is 1. The van der Waals surface area contributed by atoms with E-state index >= 15 is 0 Å². The lowest BCUT2D eigenvalue weighted by Crippen LogP contribution is -2.39. The molecule has 1 unspecified atom stereocenters.